The number of hydrogen-bond acceptors (Lipinski definition) is 6. The first-order valence-corrected chi connectivity index (χ1v) is 7.24. The van der Waals surface area contributed by atoms with E-state index in [1.807, 2.05) is 6.07 Å². The molecule has 0 saturated heterocycles. The van der Waals surface area contributed by atoms with Gasteiger partial charge in [-0.05, 0) is 19.9 Å². The van der Waals surface area contributed by atoms with E-state index in [1.165, 1.54) is 26.2 Å². The number of halogens is 1. The van der Waals surface area contributed by atoms with Gasteiger partial charge in [-0.1, -0.05) is 12.1 Å². The van der Waals surface area contributed by atoms with Crippen LogP contribution in [0.3, 0.4) is 0 Å². The van der Waals surface area contributed by atoms with Gasteiger partial charge in [-0.2, -0.15) is 5.26 Å². The number of nitriles is 1. The lowest BCUT2D eigenvalue weighted by Crippen LogP contribution is -2.26. The smallest absolute Gasteiger partial charge is 0.338 e. The number of ether oxygens (including phenoxy) is 3. The highest BCUT2D eigenvalue weighted by atomic mass is 19.1. The van der Waals surface area contributed by atoms with Gasteiger partial charge in [0.2, 0.25) is 5.88 Å². The Kier molecular flexibility index (Phi) is 5.09. The summed E-state index contributed by atoms with van der Waals surface area (Å²) in [6.07, 6.45) is 0. The van der Waals surface area contributed by atoms with Crippen molar-refractivity contribution in [3.05, 3.63) is 52.4 Å². The molecule has 0 fully saturated rings. The van der Waals surface area contributed by atoms with Crippen LogP contribution in [0.5, 0.6) is 5.75 Å². The fourth-order valence-electron chi connectivity index (χ4n) is 2.57. The molecule has 0 spiro atoms. The van der Waals surface area contributed by atoms with Crippen molar-refractivity contribution in [2.75, 3.05) is 13.7 Å². The molecule has 0 aromatic heterocycles. The molecule has 2 rings (SSSR count). The summed E-state index contributed by atoms with van der Waals surface area (Å²) in [5.74, 6) is -2.41. The Morgan fingerprint density at radius 3 is 2.79 bits per heavy atom. The molecule has 1 atom stereocenters. The molecule has 0 amide bonds. The van der Waals surface area contributed by atoms with Gasteiger partial charge >= 0.3 is 5.97 Å². The zero-order chi connectivity index (χ0) is 17.9. The lowest BCUT2D eigenvalue weighted by molar-refractivity contribution is -0.139. The normalized spacial score (nSPS) is 17.2. The molecule has 6 nitrogen and oxygen atoms in total. The predicted molar refractivity (Wildman–Crippen MR) is 82.9 cm³/mol. The maximum atomic E-state index is 14.7. The summed E-state index contributed by atoms with van der Waals surface area (Å²) in [7, 11) is 1.33. The van der Waals surface area contributed by atoms with Crippen molar-refractivity contribution in [3.63, 3.8) is 0 Å². The third-order valence-electron chi connectivity index (χ3n) is 3.63. The van der Waals surface area contributed by atoms with Crippen LogP contribution in [0, 0.1) is 17.1 Å². The Labute approximate surface area is 138 Å². The van der Waals surface area contributed by atoms with Crippen molar-refractivity contribution >= 4 is 5.97 Å². The number of nitrogens with two attached hydrogens (primary N) is 1. The van der Waals surface area contributed by atoms with Gasteiger partial charge in [0.25, 0.3) is 0 Å². The Hall–Kier alpha value is -3.01. The Bertz CT molecular complexity index is 777. The largest absolute Gasteiger partial charge is 0.494 e. The van der Waals surface area contributed by atoms with Crippen LogP contribution in [-0.2, 0) is 14.3 Å². The molecule has 1 aliphatic heterocycles. The molecule has 1 unspecified atom stereocenters. The van der Waals surface area contributed by atoms with E-state index >= 15 is 0 Å². The topological polar surface area (TPSA) is 94.6 Å². The van der Waals surface area contributed by atoms with Crippen molar-refractivity contribution in [1.29, 1.82) is 5.26 Å². The van der Waals surface area contributed by atoms with Crippen molar-refractivity contribution in [2.24, 2.45) is 5.73 Å². The summed E-state index contributed by atoms with van der Waals surface area (Å²) in [6.45, 7) is 3.29. The summed E-state index contributed by atoms with van der Waals surface area (Å²) >= 11 is 0. The van der Waals surface area contributed by atoms with Gasteiger partial charge in [0.05, 0.1) is 25.2 Å². The van der Waals surface area contributed by atoms with E-state index in [-0.39, 0.29) is 40.7 Å². The van der Waals surface area contributed by atoms with Crippen LogP contribution in [0.15, 0.2) is 41.0 Å². The minimum absolute atomic E-state index is 0.00397. The highest BCUT2D eigenvalue weighted by Crippen LogP contribution is 2.41. The molecule has 2 N–H and O–H groups in total. The highest BCUT2D eigenvalue weighted by Gasteiger charge is 2.38. The monoisotopic (exact) mass is 332 g/mol. The Morgan fingerprint density at radius 1 is 1.50 bits per heavy atom. The summed E-state index contributed by atoms with van der Waals surface area (Å²) in [4.78, 5) is 12.3. The number of allylic oxidation sites excluding steroid dienone is 2. The van der Waals surface area contributed by atoms with E-state index < -0.39 is 17.7 Å². The molecular weight excluding hydrogens is 315 g/mol. The first kappa shape index (κ1) is 17.3. The second-order valence-corrected chi connectivity index (χ2v) is 4.98. The van der Waals surface area contributed by atoms with Crippen LogP contribution >= 0.6 is 0 Å². The number of nitrogens with zero attached hydrogens (tertiary/aromatic N) is 1. The number of esters is 1. The maximum Gasteiger partial charge on any atom is 0.338 e. The summed E-state index contributed by atoms with van der Waals surface area (Å²) in [5.41, 5.74) is 5.82. The number of rotatable bonds is 4. The van der Waals surface area contributed by atoms with E-state index in [9.17, 15) is 14.4 Å². The molecular formula is C17H17FN2O4. The van der Waals surface area contributed by atoms with Crippen LogP contribution in [-0.4, -0.2) is 19.7 Å². The summed E-state index contributed by atoms with van der Waals surface area (Å²) in [5, 5.41) is 9.43. The Morgan fingerprint density at radius 2 is 2.21 bits per heavy atom. The van der Waals surface area contributed by atoms with Crippen LogP contribution in [0.2, 0.25) is 0 Å². The van der Waals surface area contributed by atoms with Gasteiger partial charge in [0.1, 0.15) is 17.4 Å². The average molecular weight is 332 g/mol. The second-order valence-electron chi connectivity index (χ2n) is 4.98. The molecule has 1 heterocycles. The van der Waals surface area contributed by atoms with Crippen LogP contribution in [0.1, 0.15) is 25.3 Å². The first-order chi connectivity index (χ1) is 11.5. The van der Waals surface area contributed by atoms with Crippen LogP contribution in [0.4, 0.5) is 4.39 Å². The van der Waals surface area contributed by atoms with Crippen LogP contribution < -0.4 is 10.5 Å². The zero-order valence-electron chi connectivity index (χ0n) is 13.6. The highest BCUT2D eigenvalue weighted by molar-refractivity contribution is 5.92. The average Bonchev–Trinajstić information content (AvgIpc) is 2.54. The zero-order valence-corrected chi connectivity index (χ0v) is 13.6. The minimum Gasteiger partial charge on any atom is -0.494 e. The van der Waals surface area contributed by atoms with Gasteiger partial charge in [0, 0.05) is 5.56 Å². The molecule has 1 aliphatic rings. The number of benzene rings is 1. The first-order valence-electron chi connectivity index (χ1n) is 7.24. The number of methoxy groups -OCH3 is 1. The maximum absolute atomic E-state index is 14.7. The molecule has 1 aromatic carbocycles. The van der Waals surface area contributed by atoms with Crippen molar-refractivity contribution in [3.8, 4) is 11.8 Å². The van der Waals surface area contributed by atoms with Gasteiger partial charge in [-0.25, -0.2) is 9.18 Å². The van der Waals surface area contributed by atoms with Crippen molar-refractivity contribution in [2.45, 2.75) is 19.8 Å². The number of hydrogen-bond donors (Lipinski definition) is 1. The quantitative estimate of drug-likeness (QED) is 0.851. The summed E-state index contributed by atoms with van der Waals surface area (Å²) in [6, 6.07) is 6.37. The summed E-state index contributed by atoms with van der Waals surface area (Å²) < 4.78 is 30.0. The van der Waals surface area contributed by atoms with Crippen molar-refractivity contribution in [1.82, 2.24) is 0 Å². The van der Waals surface area contributed by atoms with Gasteiger partial charge in [-0.15, -0.1) is 0 Å². The number of carbonyl (C=O) groups is 1. The molecule has 24 heavy (non-hydrogen) atoms. The SMILES string of the molecule is CCOC(=O)C1=C(C)OC(N)=C(C#N)C1c1cccc(OC)c1F. The van der Waals surface area contributed by atoms with E-state index in [0.29, 0.717) is 0 Å². The lowest BCUT2D eigenvalue weighted by Gasteiger charge is -2.27. The number of carbonyl (C=O) groups excluding carboxylic acids is 1. The molecule has 0 bridgehead atoms. The molecule has 126 valence electrons. The standard InChI is InChI=1S/C17H17FN2O4/c1-4-23-17(21)13-9(2)24-16(20)11(8-19)14(13)10-6-5-7-12(22-3)15(10)18/h5-7,14H,4,20H2,1-3H3. The van der Waals surface area contributed by atoms with Gasteiger partial charge in [0.15, 0.2) is 11.6 Å². The third kappa shape index (κ3) is 2.91. The molecule has 7 heteroatoms. The lowest BCUT2D eigenvalue weighted by atomic mass is 9.82. The third-order valence-corrected chi connectivity index (χ3v) is 3.63. The van der Waals surface area contributed by atoms with Crippen LogP contribution in [0.25, 0.3) is 0 Å². The van der Waals surface area contributed by atoms with Gasteiger partial charge in [-0.3, -0.25) is 0 Å². The predicted octanol–water partition coefficient (Wildman–Crippen LogP) is 2.48. The molecule has 0 radical (unpaired) electrons. The van der Waals surface area contributed by atoms with E-state index in [0.717, 1.165) is 0 Å². The van der Waals surface area contributed by atoms with E-state index in [4.69, 9.17) is 19.9 Å². The second kappa shape index (κ2) is 7.04. The van der Waals surface area contributed by atoms with Crippen molar-refractivity contribution < 1.29 is 23.4 Å². The molecule has 1 aromatic rings. The van der Waals surface area contributed by atoms with Gasteiger partial charge < -0.3 is 19.9 Å². The Balaban J connectivity index is 2.70. The minimum atomic E-state index is -1.03. The van der Waals surface area contributed by atoms with E-state index in [2.05, 4.69) is 0 Å². The van der Waals surface area contributed by atoms with E-state index in [1.54, 1.807) is 13.0 Å². The fourth-order valence-corrected chi connectivity index (χ4v) is 2.57. The molecule has 0 aliphatic carbocycles. The fraction of sp³-hybridized carbons (Fsp3) is 0.294. The molecule has 0 saturated carbocycles.